The summed E-state index contributed by atoms with van der Waals surface area (Å²) in [6, 6.07) is 10.9. The van der Waals surface area contributed by atoms with E-state index in [1.54, 1.807) is 0 Å². The van der Waals surface area contributed by atoms with Crippen LogP contribution in [0.4, 0.5) is 5.82 Å². The van der Waals surface area contributed by atoms with Crippen LogP contribution in [0.5, 0.6) is 0 Å². The molecule has 0 N–H and O–H groups in total. The molecule has 2 unspecified atom stereocenters. The Morgan fingerprint density at radius 1 is 1.33 bits per heavy atom. The molecule has 18 heavy (non-hydrogen) atoms. The number of aromatic nitrogens is 1. The number of nitrogens with zero attached hydrogens (tertiary/aromatic N) is 2. The summed E-state index contributed by atoms with van der Waals surface area (Å²) < 4.78 is 0. The molecule has 2 aromatic rings. The zero-order valence-electron chi connectivity index (χ0n) is 10.5. The lowest BCUT2D eigenvalue weighted by molar-refractivity contribution is 0.549. The van der Waals surface area contributed by atoms with E-state index in [4.69, 9.17) is 11.6 Å². The van der Waals surface area contributed by atoms with E-state index in [0.29, 0.717) is 17.8 Å². The van der Waals surface area contributed by atoms with Crippen LogP contribution in [0.2, 0.25) is 0 Å². The molecule has 0 saturated carbocycles. The molecule has 1 aromatic carbocycles. The fourth-order valence-electron chi connectivity index (χ4n) is 2.84. The van der Waals surface area contributed by atoms with Gasteiger partial charge in [0.2, 0.25) is 0 Å². The molecule has 2 atom stereocenters. The van der Waals surface area contributed by atoms with Gasteiger partial charge in [-0.2, -0.15) is 0 Å². The van der Waals surface area contributed by atoms with Gasteiger partial charge in [-0.25, -0.2) is 4.98 Å². The lowest BCUT2D eigenvalue weighted by Crippen LogP contribution is -2.34. The molecule has 0 aliphatic carbocycles. The number of hydrogen-bond donors (Lipinski definition) is 0. The molecule has 0 amide bonds. The highest BCUT2D eigenvalue weighted by molar-refractivity contribution is 6.18. The molecular formula is C15H17ClN2. The van der Waals surface area contributed by atoms with Crippen LogP contribution in [0, 0.1) is 5.92 Å². The van der Waals surface area contributed by atoms with E-state index in [2.05, 4.69) is 47.1 Å². The van der Waals surface area contributed by atoms with Crippen LogP contribution in [0.3, 0.4) is 0 Å². The van der Waals surface area contributed by atoms with Crippen molar-refractivity contribution in [1.29, 1.82) is 0 Å². The quantitative estimate of drug-likeness (QED) is 0.766. The standard InChI is InChI=1S/C15H17ClN2/c1-11-7-9-18(14(11)10-16)15-13-5-3-2-4-12(13)6-8-17-15/h2-6,8,11,14H,7,9-10H2,1H3. The predicted octanol–water partition coefficient (Wildman–Crippen LogP) is 3.69. The van der Waals surface area contributed by atoms with Crippen molar-refractivity contribution in [2.45, 2.75) is 19.4 Å². The van der Waals surface area contributed by atoms with Crippen molar-refractivity contribution in [3.05, 3.63) is 36.5 Å². The van der Waals surface area contributed by atoms with Crippen molar-refractivity contribution < 1.29 is 0 Å². The highest BCUT2D eigenvalue weighted by Gasteiger charge is 2.31. The minimum absolute atomic E-state index is 0.407. The van der Waals surface area contributed by atoms with Crippen LogP contribution in [0.15, 0.2) is 36.5 Å². The minimum Gasteiger partial charge on any atom is -0.352 e. The van der Waals surface area contributed by atoms with Crippen LogP contribution < -0.4 is 4.90 Å². The third-order valence-corrected chi connectivity index (χ3v) is 4.28. The first kappa shape index (κ1) is 11.8. The summed E-state index contributed by atoms with van der Waals surface area (Å²) in [4.78, 5) is 6.96. The molecule has 3 heteroatoms. The van der Waals surface area contributed by atoms with Gasteiger partial charge >= 0.3 is 0 Å². The van der Waals surface area contributed by atoms with Gasteiger partial charge in [0.25, 0.3) is 0 Å². The van der Waals surface area contributed by atoms with Gasteiger partial charge in [-0.1, -0.05) is 31.2 Å². The summed E-state index contributed by atoms with van der Waals surface area (Å²) in [6.45, 7) is 3.33. The maximum Gasteiger partial charge on any atom is 0.136 e. The number of hydrogen-bond acceptors (Lipinski definition) is 2. The summed E-state index contributed by atoms with van der Waals surface area (Å²) >= 11 is 6.13. The van der Waals surface area contributed by atoms with E-state index in [0.717, 1.165) is 12.4 Å². The molecule has 2 heterocycles. The van der Waals surface area contributed by atoms with Crippen molar-refractivity contribution in [3.8, 4) is 0 Å². The Bertz CT molecular complexity index is 550. The average Bonchev–Trinajstić information content (AvgIpc) is 2.79. The Morgan fingerprint density at radius 2 is 2.17 bits per heavy atom. The molecule has 1 aliphatic heterocycles. The fraction of sp³-hybridized carbons (Fsp3) is 0.400. The van der Waals surface area contributed by atoms with Crippen molar-refractivity contribution >= 4 is 28.2 Å². The number of anilines is 1. The fourth-order valence-corrected chi connectivity index (χ4v) is 3.31. The van der Waals surface area contributed by atoms with Gasteiger partial charge < -0.3 is 4.90 Å². The predicted molar refractivity (Wildman–Crippen MR) is 77.4 cm³/mol. The summed E-state index contributed by atoms with van der Waals surface area (Å²) in [5, 5.41) is 2.47. The number of alkyl halides is 1. The third-order valence-electron chi connectivity index (χ3n) is 3.97. The Kier molecular flexibility index (Phi) is 3.13. The van der Waals surface area contributed by atoms with Gasteiger partial charge in [-0.3, -0.25) is 0 Å². The number of benzene rings is 1. The molecule has 1 aromatic heterocycles. The summed E-state index contributed by atoms with van der Waals surface area (Å²) in [5.74, 6) is 2.40. The molecule has 0 spiro atoms. The third kappa shape index (κ3) is 1.85. The van der Waals surface area contributed by atoms with Crippen LogP contribution in [-0.4, -0.2) is 23.5 Å². The highest BCUT2D eigenvalue weighted by atomic mass is 35.5. The first-order valence-corrected chi connectivity index (χ1v) is 7.01. The Hall–Kier alpha value is -1.28. The maximum absolute atomic E-state index is 6.13. The SMILES string of the molecule is CC1CCN(c2nccc3ccccc23)C1CCl. The minimum atomic E-state index is 0.407. The average molecular weight is 261 g/mol. The smallest absolute Gasteiger partial charge is 0.136 e. The van der Waals surface area contributed by atoms with E-state index in [9.17, 15) is 0 Å². The number of rotatable bonds is 2. The van der Waals surface area contributed by atoms with Crippen LogP contribution >= 0.6 is 11.6 Å². The Balaban J connectivity index is 2.09. The van der Waals surface area contributed by atoms with Crippen molar-refractivity contribution in [3.63, 3.8) is 0 Å². The number of pyridine rings is 1. The van der Waals surface area contributed by atoms with Crippen LogP contribution in [-0.2, 0) is 0 Å². The molecule has 0 radical (unpaired) electrons. The number of halogens is 1. The van der Waals surface area contributed by atoms with E-state index in [1.807, 2.05) is 6.20 Å². The van der Waals surface area contributed by atoms with Gasteiger partial charge in [0.1, 0.15) is 5.82 Å². The largest absolute Gasteiger partial charge is 0.352 e. The molecule has 3 rings (SSSR count). The summed E-state index contributed by atoms with van der Waals surface area (Å²) in [7, 11) is 0. The van der Waals surface area contributed by atoms with Gasteiger partial charge in [0.05, 0.1) is 0 Å². The second-order valence-electron chi connectivity index (χ2n) is 5.04. The van der Waals surface area contributed by atoms with Crippen LogP contribution in [0.1, 0.15) is 13.3 Å². The Labute approximate surface area is 113 Å². The lowest BCUT2D eigenvalue weighted by atomic mass is 10.0. The monoisotopic (exact) mass is 260 g/mol. The van der Waals surface area contributed by atoms with Crippen LogP contribution in [0.25, 0.3) is 10.8 Å². The maximum atomic E-state index is 6.13. The van der Waals surface area contributed by atoms with Gasteiger partial charge in [0.15, 0.2) is 0 Å². The van der Waals surface area contributed by atoms with E-state index in [-0.39, 0.29) is 0 Å². The molecule has 94 valence electrons. The zero-order valence-corrected chi connectivity index (χ0v) is 11.3. The Morgan fingerprint density at radius 3 is 3.00 bits per heavy atom. The summed E-state index contributed by atoms with van der Waals surface area (Å²) in [6.07, 6.45) is 3.09. The first-order chi connectivity index (χ1) is 8.81. The molecular weight excluding hydrogens is 244 g/mol. The van der Waals surface area contributed by atoms with Crippen molar-refractivity contribution in [2.75, 3.05) is 17.3 Å². The lowest BCUT2D eigenvalue weighted by Gasteiger charge is -2.27. The molecule has 0 bridgehead atoms. The summed E-state index contributed by atoms with van der Waals surface area (Å²) in [5.41, 5.74) is 0. The van der Waals surface area contributed by atoms with E-state index < -0.39 is 0 Å². The van der Waals surface area contributed by atoms with E-state index in [1.165, 1.54) is 17.2 Å². The normalized spacial score (nSPS) is 23.8. The molecule has 1 fully saturated rings. The first-order valence-electron chi connectivity index (χ1n) is 6.47. The van der Waals surface area contributed by atoms with Gasteiger partial charge in [-0.15, -0.1) is 11.6 Å². The molecule has 2 nitrogen and oxygen atoms in total. The van der Waals surface area contributed by atoms with Gasteiger partial charge in [-0.05, 0) is 23.8 Å². The van der Waals surface area contributed by atoms with E-state index >= 15 is 0 Å². The van der Waals surface area contributed by atoms with Gasteiger partial charge in [0, 0.05) is 30.0 Å². The number of fused-ring (bicyclic) bond motifs is 1. The van der Waals surface area contributed by atoms with Crippen molar-refractivity contribution in [2.24, 2.45) is 5.92 Å². The topological polar surface area (TPSA) is 16.1 Å². The molecule has 1 saturated heterocycles. The van der Waals surface area contributed by atoms with Crippen molar-refractivity contribution in [1.82, 2.24) is 4.98 Å². The zero-order chi connectivity index (χ0) is 12.5. The molecule has 1 aliphatic rings. The highest BCUT2D eigenvalue weighted by Crippen LogP contribution is 2.33. The second-order valence-corrected chi connectivity index (χ2v) is 5.35. The second kappa shape index (κ2) is 4.77.